The minimum atomic E-state index is -0.211. The van der Waals surface area contributed by atoms with E-state index in [9.17, 15) is 4.79 Å². The summed E-state index contributed by atoms with van der Waals surface area (Å²) in [5, 5.41) is 10.4. The van der Waals surface area contributed by atoms with Crippen molar-refractivity contribution in [2.24, 2.45) is 0 Å². The summed E-state index contributed by atoms with van der Waals surface area (Å²) in [4.78, 5) is 21.6. The first-order valence-electron chi connectivity index (χ1n) is 8.17. The van der Waals surface area contributed by atoms with E-state index in [-0.39, 0.29) is 5.91 Å². The molecule has 0 bridgehead atoms. The number of hydrogen-bond acceptors (Lipinski definition) is 5. The number of rotatable bonds is 3. The zero-order valence-electron chi connectivity index (χ0n) is 14.6. The number of fused-ring (bicyclic) bond motifs is 1. The Morgan fingerprint density at radius 3 is 2.81 bits per heavy atom. The Morgan fingerprint density at radius 1 is 1.19 bits per heavy atom. The Labute approximate surface area is 154 Å². The first-order valence-corrected chi connectivity index (χ1v) is 9.05. The molecule has 0 saturated carbocycles. The first-order chi connectivity index (χ1) is 12.5. The molecule has 0 saturated heterocycles. The number of aryl methyl sites for hydroxylation is 3. The molecular weight excluding hydrogens is 346 g/mol. The number of carbonyl (C=O) groups is 1. The van der Waals surface area contributed by atoms with Crippen molar-refractivity contribution in [2.75, 3.05) is 5.32 Å². The molecule has 1 aromatic carbocycles. The standard InChI is InChI=1S/C19H17N5OS/c1-11-7-18-20-9-16(12(2)24(18)23-11)19(25)22-15-6-4-5-14(8-15)17-10-26-13(3)21-17/h4-10H,1-3H3,(H,22,25). The summed E-state index contributed by atoms with van der Waals surface area (Å²) in [6.07, 6.45) is 1.59. The van der Waals surface area contributed by atoms with Crippen molar-refractivity contribution >= 4 is 28.6 Å². The van der Waals surface area contributed by atoms with E-state index >= 15 is 0 Å². The van der Waals surface area contributed by atoms with Crippen LogP contribution < -0.4 is 5.32 Å². The van der Waals surface area contributed by atoms with Gasteiger partial charge in [0.05, 0.1) is 27.7 Å². The van der Waals surface area contributed by atoms with Gasteiger partial charge in [-0.25, -0.2) is 14.5 Å². The van der Waals surface area contributed by atoms with E-state index in [1.165, 1.54) is 0 Å². The topological polar surface area (TPSA) is 72.2 Å². The maximum Gasteiger partial charge on any atom is 0.259 e. The van der Waals surface area contributed by atoms with E-state index in [0.717, 1.165) is 33.3 Å². The fourth-order valence-corrected chi connectivity index (χ4v) is 3.46. The molecule has 0 atom stereocenters. The zero-order valence-corrected chi connectivity index (χ0v) is 15.5. The molecule has 6 nitrogen and oxygen atoms in total. The lowest BCUT2D eigenvalue weighted by Crippen LogP contribution is -2.16. The van der Waals surface area contributed by atoms with E-state index in [1.54, 1.807) is 22.0 Å². The smallest absolute Gasteiger partial charge is 0.259 e. The third-order valence-corrected chi connectivity index (χ3v) is 4.90. The van der Waals surface area contributed by atoms with Crippen molar-refractivity contribution in [1.82, 2.24) is 19.6 Å². The maximum absolute atomic E-state index is 12.7. The van der Waals surface area contributed by atoms with Gasteiger partial charge in [-0.3, -0.25) is 4.79 Å². The van der Waals surface area contributed by atoms with Gasteiger partial charge in [0.15, 0.2) is 5.65 Å². The van der Waals surface area contributed by atoms with Gasteiger partial charge in [0, 0.05) is 28.9 Å². The molecular formula is C19H17N5OS. The van der Waals surface area contributed by atoms with Crippen LogP contribution in [0, 0.1) is 20.8 Å². The Bertz CT molecular complexity index is 1130. The molecule has 1 amide bonds. The first kappa shape index (κ1) is 16.4. The summed E-state index contributed by atoms with van der Waals surface area (Å²) in [7, 11) is 0. The van der Waals surface area contributed by atoms with Gasteiger partial charge in [0.2, 0.25) is 0 Å². The predicted octanol–water partition coefficient (Wildman–Crippen LogP) is 4.03. The molecule has 0 unspecified atom stereocenters. The van der Waals surface area contributed by atoms with E-state index in [1.807, 2.05) is 56.5 Å². The molecule has 130 valence electrons. The van der Waals surface area contributed by atoms with Crippen LogP contribution in [-0.2, 0) is 0 Å². The Morgan fingerprint density at radius 2 is 2.04 bits per heavy atom. The van der Waals surface area contributed by atoms with Crippen molar-refractivity contribution in [3.8, 4) is 11.3 Å². The van der Waals surface area contributed by atoms with Crippen LogP contribution in [0.3, 0.4) is 0 Å². The molecule has 0 spiro atoms. The van der Waals surface area contributed by atoms with E-state index in [0.29, 0.717) is 11.3 Å². The SMILES string of the molecule is Cc1cc2ncc(C(=O)Nc3cccc(-c4csc(C)n4)c3)c(C)n2n1. The minimum absolute atomic E-state index is 0.211. The van der Waals surface area contributed by atoms with Crippen molar-refractivity contribution in [3.63, 3.8) is 0 Å². The van der Waals surface area contributed by atoms with Crippen LogP contribution in [0.2, 0.25) is 0 Å². The summed E-state index contributed by atoms with van der Waals surface area (Å²) >= 11 is 1.60. The highest BCUT2D eigenvalue weighted by Crippen LogP contribution is 2.24. The molecule has 0 radical (unpaired) electrons. The summed E-state index contributed by atoms with van der Waals surface area (Å²) < 4.78 is 1.69. The highest BCUT2D eigenvalue weighted by Gasteiger charge is 2.14. The third kappa shape index (κ3) is 2.97. The van der Waals surface area contributed by atoms with Gasteiger partial charge in [-0.1, -0.05) is 12.1 Å². The lowest BCUT2D eigenvalue weighted by molar-refractivity contribution is 0.102. The number of thiazole rings is 1. The maximum atomic E-state index is 12.7. The number of aromatic nitrogens is 4. The molecule has 0 aliphatic heterocycles. The van der Waals surface area contributed by atoms with Crippen LogP contribution in [0.5, 0.6) is 0 Å². The van der Waals surface area contributed by atoms with Crippen LogP contribution in [0.1, 0.15) is 26.8 Å². The van der Waals surface area contributed by atoms with Gasteiger partial charge in [-0.15, -0.1) is 11.3 Å². The monoisotopic (exact) mass is 363 g/mol. The summed E-state index contributed by atoms with van der Waals surface area (Å²) in [6.45, 7) is 5.74. The Hall–Kier alpha value is -3.06. The van der Waals surface area contributed by atoms with Crippen LogP contribution >= 0.6 is 11.3 Å². The van der Waals surface area contributed by atoms with E-state index in [2.05, 4.69) is 20.4 Å². The van der Waals surface area contributed by atoms with Gasteiger partial charge in [0.1, 0.15) is 0 Å². The van der Waals surface area contributed by atoms with E-state index in [4.69, 9.17) is 0 Å². The summed E-state index contributed by atoms with van der Waals surface area (Å²) in [5.41, 5.74) is 5.45. The van der Waals surface area contributed by atoms with Crippen LogP contribution in [-0.4, -0.2) is 25.5 Å². The fourth-order valence-electron chi connectivity index (χ4n) is 2.84. The van der Waals surface area contributed by atoms with Gasteiger partial charge in [0.25, 0.3) is 5.91 Å². The average Bonchev–Trinajstić information content (AvgIpc) is 3.21. The summed E-state index contributed by atoms with van der Waals surface area (Å²) in [6, 6.07) is 9.56. The largest absolute Gasteiger partial charge is 0.322 e. The number of benzene rings is 1. The second-order valence-electron chi connectivity index (χ2n) is 6.10. The van der Waals surface area contributed by atoms with Crippen LogP contribution in [0.4, 0.5) is 5.69 Å². The summed E-state index contributed by atoms with van der Waals surface area (Å²) in [5.74, 6) is -0.211. The highest BCUT2D eigenvalue weighted by atomic mass is 32.1. The normalized spacial score (nSPS) is 11.0. The number of anilines is 1. The van der Waals surface area contributed by atoms with Crippen molar-refractivity contribution in [3.05, 3.63) is 63.9 Å². The second kappa shape index (κ2) is 6.34. The van der Waals surface area contributed by atoms with Crippen molar-refractivity contribution in [2.45, 2.75) is 20.8 Å². The van der Waals surface area contributed by atoms with Crippen molar-refractivity contribution < 1.29 is 4.79 Å². The molecule has 0 fully saturated rings. The lowest BCUT2D eigenvalue weighted by Gasteiger charge is -2.09. The van der Waals surface area contributed by atoms with Crippen LogP contribution in [0.25, 0.3) is 16.9 Å². The molecule has 7 heteroatoms. The molecule has 4 rings (SSSR count). The fraction of sp³-hybridized carbons (Fsp3) is 0.158. The molecule has 3 heterocycles. The number of hydrogen-bond donors (Lipinski definition) is 1. The third-order valence-electron chi connectivity index (χ3n) is 4.13. The van der Waals surface area contributed by atoms with Crippen molar-refractivity contribution in [1.29, 1.82) is 0 Å². The minimum Gasteiger partial charge on any atom is -0.322 e. The van der Waals surface area contributed by atoms with Gasteiger partial charge >= 0.3 is 0 Å². The van der Waals surface area contributed by atoms with E-state index < -0.39 is 0 Å². The zero-order chi connectivity index (χ0) is 18.3. The molecule has 0 aliphatic rings. The lowest BCUT2D eigenvalue weighted by atomic mass is 10.1. The predicted molar refractivity (Wildman–Crippen MR) is 103 cm³/mol. The molecule has 3 aromatic heterocycles. The number of nitrogens with one attached hydrogen (secondary N) is 1. The Balaban J connectivity index is 1.63. The molecule has 0 aliphatic carbocycles. The highest BCUT2D eigenvalue weighted by molar-refractivity contribution is 7.09. The average molecular weight is 363 g/mol. The number of amides is 1. The molecule has 4 aromatic rings. The number of carbonyl (C=O) groups excluding carboxylic acids is 1. The Kier molecular flexibility index (Phi) is 4.00. The van der Waals surface area contributed by atoms with Gasteiger partial charge in [-0.05, 0) is 32.9 Å². The van der Waals surface area contributed by atoms with Crippen LogP contribution in [0.15, 0.2) is 41.9 Å². The molecule has 1 N–H and O–H groups in total. The van der Waals surface area contributed by atoms with Gasteiger partial charge < -0.3 is 5.32 Å². The number of nitrogens with zero attached hydrogens (tertiary/aromatic N) is 4. The molecule has 26 heavy (non-hydrogen) atoms. The quantitative estimate of drug-likeness (QED) is 0.596. The van der Waals surface area contributed by atoms with Gasteiger partial charge in [-0.2, -0.15) is 5.10 Å². The second-order valence-corrected chi connectivity index (χ2v) is 7.16.